The van der Waals surface area contributed by atoms with Crippen LogP contribution in [-0.4, -0.2) is 23.8 Å². The lowest BCUT2D eigenvalue weighted by molar-refractivity contribution is 0.0976. The van der Waals surface area contributed by atoms with Crippen molar-refractivity contribution < 1.29 is 9.53 Å². The highest BCUT2D eigenvalue weighted by Gasteiger charge is 2.23. The molecule has 1 aromatic rings. The first-order valence-corrected chi connectivity index (χ1v) is 8.12. The van der Waals surface area contributed by atoms with Crippen molar-refractivity contribution in [3.8, 4) is 0 Å². The van der Waals surface area contributed by atoms with Gasteiger partial charge in [0.15, 0.2) is 0 Å². The van der Waals surface area contributed by atoms with Crippen LogP contribution in [0.3, 0.4) is 0 Å². The molecule has 5 nitrogen and oxygen atoms in total. The van der Waals surface area contributed by atoms with E-state index < -0.39 is 0 Å². The van der Waals surface area contributed by atoms with E-state index in [2.05, 4.69) is 47.2 Å². The van der Waals surface area contributed by atoms with Gasteiger partial charge in [-0.25, -0.2) is 9.98 Å². The predicted molar refractivity (Wildman–Crippen MR) is 92.8 cm³/mol. The molecule has 0 bridgehead atoms. The third-order valence-electron chi connectivity index (χ3n) is 3.18. The monoisotopic (exact) mass is 427 g/mol. The van der Waals surface area contributed by atoms with Gasteiger partial charge in [-0.05, 0) is 41.9 Å². The fourth-order valence-corrected chi connectivity index (χ4v) is 2.70. The Kier molecular flexibility index (Phi) is 5.52. The molecule has 1 aromatic heterocycles. The number of carbonyl (C=O) groups excluding carboxylic acids is 1. The molecule has 7 heteroatoms. The number of rotatable bonds is 2. The molecule has 22 heavy (non-hydrogen) atoms. The number of halogens is 2. The van der Waals surface area contributed by atoms with E-state index in [1.807, 2.05) is 13.8 Å². The summed E-state index contributed by atoms with van der Waals surface area (Å²) in [6, 6.07) is 3.31. The summed E-state index contributed by atoms with van der Waals surface area (Å²) in [5, 5.41) is 2.83. The molecule has 1 amide bonds. The number of hydrogen-bond donors (Lipinski definition) is 1. The Balaban J connectivity index is 2.23. The maximum atomic E-state index is 12.3. The van der Waals surface area contributed by atoms with Crippen molar-refractivity contribution in [1.29, 1.82) is 0 Å². The Hall–Kier alpha value is -1.47. The lowest BCUT2D eigenvalue weighted by atomic mass is 10.1. The first kappa shape index (κ1) is 16.9. The van der Waals surface area contributed by atoms with Crippen molar-refractivity contribution in [2.24, 2.45) is 4.99 Å². The van der Waals surface area contributed by atoms with Crippen LogP contribution in [0.5, 0.6) is 0 Å². The van der Waals surface area contributed by atoms with E-state index in [0.29, 0.717) is 22.4 Å². The third-order valence-corrected chi connectivity index (χ3v) is 3.99. The number of amides is 1. The molecule has 0 radical (unpaired) electrons. The van der Waals surface area contributed by atoms with Crippen LogP contribution in [0.1, 0.15) is 30.6 Å². The fourth-order valence-electron chi connectivity index (χ4n) is 2.01. The Morgan fingerprint density at radius 2 is 2.14 bits per heavy atom. The van der Waals surface area contributed by atoms with Gasteiger partial charge in [-0.15, -0.1) is 0 Å². The van der Waals surface area contributed by atoms with Crippen LogP contribution in [0, 0.1) is 0 Å². The van der Waals surface area contributed by atoms with Crippen LogP contribution in [0.15, 0.2) is 49.4 Å². The van der Waals surface area contributed by atoms with Crippen molar-refractivity contribution in [2.75, 3.05) is 7.11 Å². The summed E-state index contributed by atoms with van der Waals surface area (Å²) in [4.78, 5) is 20.7. The lowest BCUT2D eigenvalue weighted by Gasteiger charge is -2.06. The number of methoxy groups -OCH3 is 1. The Bertz CT molecular complexity index is 704. The van der Waals surface area contributed by atoms with Crippen LogP contribution in [0.4, 0.5) is 0 Å². The van der Waals surface area contributed by atoms with Gasteiger partial charge in [0.05, 0.1) is 18.6 Å². The van der Waals surface area contributed by atoms with Crippen molar-refractivity contribution in [2.45, 2.75) is 20.3 Å². The maximum absolute atomic E-state index is 12.3. The number of aromatic nitrogens is 1. The second kappa shape index (κ2) is 7.19. The van der Waals surface area contributed by atoms with Crippen LogP contribution < -0.4 is 5.32 Å². The summed E-state index contributed by atoms with van der Waals surface area (Å²) < 4.78 is 6.80. The molecule has 2 heterocycles. The van der Waals surface area contributed by atoms with Crippen molar-refractivity contribution in [3.63, 3.8) is 0 Å². The van der Waals surface area contributed by atoms with Crippen LogP contribution in [0.2, 0.25) is 0 Å². The second-order valence-electron chi connectivity index (χ2n) is 4.68. The molecular formula is C15H15Br2N3O2. The molecule has 0 spiro atoms. The van der Waals surface area contributed by atoms with Crippen molar-refractivity contribution >= 4 is 43.6 Å². The quantitative estimate of drug-likeness (QED) is 0.573. The average Bonchev–Trinajstić information content (AvgIpc) is 2.90. The van der Waals surface area contributed by atoms with Gasteiger partial charge in [-0.3, -0.25) is 4.79 Å². The van der Waals surface area contributed by atoms with Gasteiger partial charge >= 0.3 is 0 Å². The topological polar surface area (TPSA) is 63.6 Å². The van der Waals surface area contributed by atoms with Gasteiger partial charge in [-0.1, -0.05) is 15.9 Å². The third kappa shape index (κ3) is 3.84. The fraction of sp³-hybridized carbons (Fsp3) is 0.267. The molecule has 0 saturated heterocycles. The predicted octanol–water partition coefficient (Wildman–Crippen LogP) is 3.92. The number of pyridine rings is 1. The minimum absolute atomic E-state index is 0.218. The van der Waals surface area contributed by atoms with E-state index in [1.54, 1.807) is 25.4 Å². The number of aliphatic imine (C=N–C) groups is 1. The van der Waals surface area contributed by atoms with E-state index >= 15 is 0 Å². The summed E-state index contributed by atoms with van der Waals surface area (Å²) in [7, 11) is 1.62. The largest absolute Gasteiger partial charge is 0.501 e. The van der Waals surface area contributed by atoms with E-state index in [9.17, 15) is 4.79 Å². The zero-order valence-electron chi connectivity index (χ0n) is 12.4. The minimum Gasteiger partial charge on any atom is -0.501 e. The number of nitrogens with one attached hydrogen (secondary N) is 1. The first-order chi connectivity index (χ1) is 10.4. The lowest BCUT2D eigenvalue weighted by Crippen LogP contribution is -2.29. The highest BCUT2D eigenvalue weighted by molar-refractivity contribution is 9.11. The summed E-state index contributed by atoms with van der Waals surface area (Å²) in [5.41, 5.74) is 2.28. The van der Waals surface area contributed by atoms with Gasteiger partial charge in [0.2, 0.25) is 0 Å². The Morgan fingerprint density at radius 1 is 1.41 bits per heavy atom. The molecule has 1 aliphatic rings. The zero-order chi connectivity index (χ0) is 16.3. The van der Waals surface area contributed by atoms with E-state index in [-0.39, 0.29) is 5.91 Å². The molecule has 0 unspecified atom stereocenters. The average molecular weight is 429 g/mol. The summed E-state index contributed by atoms with van der Waals surface area (Å²) in [5.74, 6) is 1.16. The maximum Gasteiger partial charge on any atom is 0.256 e. The molecule has 2 rings (SSSR count). The number of ether oxygens (including phenoxy) is 1. The van der Waals surface area contributed by atoms with Crippen LogP contribution >= 0.6 is 31.9 Å². The van der Waals surface area contributed by atoms with Gasteiger partial charge < -0.3 is 10.1 Å². The van der Waals surface area contributed by atoms with E-state index in [1.165, 1.54) is 0 Å². The van der Waals surface area contributed by atoms with E-state index in [0.717, 1.165) is 21.5 Å². The van der Waals surface area contributed by atoms with Gasteiger partial charge in [0.25, 0.3) is 5.91 Å². The Morgan fingerprint density at radius 3 is 2.73 bits per heavy atom. The number of hydrogen-bond acceptors (Lipinski definition) is 4. The SMILES string of the molecule is CO/C(C)=C1\CC(NC(=O)c2ccnc(Br)c2)=N\C1=C(\C)Br. The van der Waals surface area contributed by atoms with Crippen molar-refractivity contribution in [3.05, 3.63) is 50.0 Å². The molecule has 1 aliphatic heterocycles. The number of amidine groups is 1. The highest BCUT2D eigenvalue weighted by atomic mass is 79.9. The zero-order valence-corrected chi connectivity index (χ0v) is 15.6. The molecule has 0 atom stereocenters. The molecule has 0 saturated carbocycles. The number of nitrogens with zero attached hydrogens (tertiary/aromatic N) is 2. The number of allylic oxidation sites excluding steroid dienone is 3. The number of carbonyl (C=O) groups is 1. The van der Waals surface area contributed by atoms with Crippen molar-refractivity contribution in [1.82, 2.24) is 10.3 Å². The van der Waals surface area contributed by atoms with E-state index in [4.69, 9.17) is 4.74 Å². The van der Waals surface area contributed by atoms with Gasteiger partial charge in [0.1, 0.15) is 10.4 Å². The molecule has 116 valence electrons. The minimum atomic E-state index is -0.218. The van der Waals surface area contributed by atoms with Crippen LogP contribution in [-0.2, 0) is 4.74 Å². The summed E-state index contributed by atoms with van der Waals surface area (Å²) in [6.07, 6.45) is 2.10. The highest BCUT2D eigenvalue weighted by Crippen LogP contribution is 2.31. The smallest absolute Gasteiger partial charge is 0.256 e. The molecule has 0 fully saturated rings. The second-order valence-corrected chi connectivity index (χ2v) is 6.68. The Labute approximate surface area is 145 Å². The molecule has 0 aromatic carbocycles. The van der Waals surface area contributed by atoms with Gasteiger partial charge in [-0.2, -0.15) is 0 Å². The van der Waals surface area contributed by atoms with Crippen LogP contribution in [0.25, 0.3) is 0 Å². The molecular weight excluding hydrogens is 414 g/mol. The van der Waals surface area contributed by atoms with Gasteiger partial charge in [0, 0.05) is 28.2 Å². The normalized spacial score (nSPS) is 18.7. The molecule has 0 aliphatic carbocycles. The summed E-state index contributed by atoms with van der Waals surface area (Å²) in [6.45, 7) is 3.79. The molecule has 1 N–H and O–H groups in total. The standard InChI is InChI=1S/C15H15Br2N3O2/c1-8(16)14-11(9(2)22-3)7-13(19-14)20-15(21)10-4-5-18-12(17)6-10/h4-6H,7H2,1-3H3,(H,19,20,21)/b11-9+,14-8-. The summed E-state index contributed by atoms with van der Waals surface area (Å²) >= 11 is 6.69. The first-order valence-electron chi connectivity index (χ1n) is 6.53.